The number of nitrogens with one attached hydrogen (secondary N) is 2. The van der Waals surface area contributed by atoms with Crippen molar-refractivity contribution in [2.45, 2.75) is 50.6 Å². The first kappa shape index (κ1) is 19.7. The van der Waals surface area contributed by atoms with Gasteiger partial charge < -0.3 is 15.5 Å². The summed E-state index contributed by atoms with van der Waals surface area (Å²) in [6, 6.07) is 11.2. The third kappa shape index (κ3) is 5.70. The number of urea groups is 1. The van der Waals surface area contributed by atoms with Gasteiger partial charge in [0.25, 0.3) is 0 Å². The third-order valence-corrected chi connectivity index (χ3v) is 5.81. The highest BCUT2D eigenvalue weighted by molar-refractivity contribution is 5.77. The molecule has 3 amide bonds. The molecule has 0 radical (unpaired) electrons. The number of nitrogens with zero attached hydrogens (tertiary/aromatic N) is 2. The van der Waals surface area contributed by atoms with Crippen LogP contribution in [0.1, 0.15) is 37.7 Å². The van der Waals surface area contributed by atoms with Gasteiger partial charge in [-0.25, -0.2) is 4.79 Å². The van der Waals surface area contributed by atoms with Gasteiger partial charge in [-0.15, -0.1) is 0 Å². The highest BCUT2D eigenvalue weighted by Gasteiger charge is 2.30. The van der Waals surface area contributed by atoms with E-state index in [0.29, 0.717) is 12.6 Å². The van der Waals surface area contributed by atoms with Gasteiger partial charge in [-0.3, -0.25) is 9.69 Å². The van der Waals surface area contributed by atoms with E-state index in [2.05, 4.69) is 39.8 Å². The van der Waals surface area contributed by atoms with Gasteiger partial charge >= 0.3 is 6.03 Å². The van der Waals surface area contributed by atoms with E-state index in [1.54, 1.807) is 7.05 Å². The molecule has 0 aliphatic carbocycles. The van der Waals surface area contributed by atoms with Crippen LogP contribution in [-0.2, 0) is 11.2 Å². The summed E-state index contributed by atoms with van der Waals surface area (Å²) < 4.78 is 0. The lowest BCUT2D eigenvalue weighted by atomic mass is 10.0. The monoisotopic (exact) mass is 372 g/mol. The van der Waals surface area contributed by atoms with Crippen LogP contribution in [0.4, 0.5) is 4.79 Å². The van der Waals surface area contributed by atoms with Crippen LogP contribution in [0.3, 0.4) is 0 Å². The van der Waals surface area contributed by atoms with Crippen molar-refractivity contribution < 1.29 is 9.59 Å². The van der Waals surface area contributed by atoms with E-state index >= 15 is 0 Å². The summed E-state index contributed by atoms with van der Waals surface area (Å²) in [6.45, 7) is 3.03. The molecule has 1 aromatic carbocycles. The number of amides is 3. The normalized spacial score (nSPS) is 21.2. The fourth-order valence-electron chi connectivity index (χ4n) is 4.16. The maximum atomic E-state index is 12.8. The topological polar surface area (TPSA) is 64.7 Å². The lowest BCUT2D eigenvalue weighted by Gasteiger charge is -2.33. The number of likely N-dealkylation sites (tertiary alicyclic amines) is 2. The smallest absolute Gasteiger partial charge is 0.317 e. The molecular formula is C21H32N4O2. The van der Waals surface area contributed by atoms with E-state index in [1.807, 2.05) is 11.0 Å². The second kappa shape index (κ2) is 9.74. The molecule has 2 N–H and O–H groups in total. The molecular weight excluding hydrogens is 340 g/mol. The van der Waals surface area contributed by atoms with E-state index in [0.717, 1.165) is 58.2 Å². The summed E-state index contributed by atoms with van der Waals surface area (Å²) in [5.41, 5.74) is 1.34. The Kier molecular flexibility index (Phi) is 7.10. The molecule has 2 aliphatic heterocycles. The Bertz CT molecular complexity index is 614. The van der Waals surface area contributed by atoms with Crippen molar-refractivity contribution in [3.05, 3.63) is 35.9 Å². The molecule has 2 heterocycles. The lowest BCUT2D eigenvalue weighted by molar-refractivity contribution is -0.122. The molecule has 1 atom stereocenters. The van der Waals surface area contributed by atoms with Crippen LogP contribution in [0.5, 0.6) is 0 Å². The Morgan fingerprint density at radius 2 is 1.81 bits per heavy atom. The van der Waals surface area contributed by atoms with Crippen molar-refractivity contribution in [3.63, 3.8) is 0 Å². The second-order valence-corrected chi connectivity index (χ2v) is 7.69. The van der Waals surface area contributed by atoms with Gasteiger partial charge in [0.05, 0.1) is 6.54 Å². The van der Waals surface area contributed by atoms with Gasteiger partial charge in [-0.2, -0.15) is 0 Å². The summed E-state index contributed by atoms with van der Waals surface area (Å²) in [4.78, 5) is 28.5. The molecule has 148 valence electrons. The van der Waals surface area contributed by atoms with Crippen LogP contribution >= 0.6 is 0 Å². The first-order valence-electron chi connectivity index (χ1n) is 10.2. The number of rotatable bonds is 6. The predicted octanol–water partition coefficient (Wildman–Crippen LogP) is 2.00. The number of hydrogen-bond donors (Lipinski definition) is 2. The SMILES string of the molecule is CNC(=O)CN1CCC(NC(=O)N2CCCC2CCc2ccccc2)CC1. The molecule has 0 spiro atoms. The van der Waals surface area contributed by atoms with Gasteiger partial charge in [0.1, 0.15) is 0 Å². The molecule has 6 heteroatoms. The third-order valence-electron chi connectivity index (χ3n) is 5.81. The molecule has 27 heavy (non-hydrogen) atoms. The Hall–Kier alpha value is -2.08. The summed E-state index contributed by atoms with van der Waals surface area (Å²) in [5, 5.41) is 5.90. The fraction of sp³-hybridized carbons (Fsp3) is 0.619. The van der Waals surface area contributed by atoms with Crippen LogP contribution in [0.15, 0.2) is 30.3 Å². The van der Waals surface area contributed by atoms with E-state index in [9.17, 15) is 9.59 Å². The highest BCUT2D eigenvalue weighted by atomic mass is 16.2. The van der Waals surface area contributed by atoms with E-state index in [-0.39, 0.29) is 18.0 Å². The van der Waals surface area contributed by atoms with E-state index in [1.165, 1.54) is 5.56 Å². The highest BCUT2D eigenvalue weighted by Crippen LogP contribution is 2.22. The number of carbonyl (C=O) groups excluding carboxylic acids is 2. The number of hydrogen-bond acceptors (Lipinski definition) is 3. The summed E-state index contributed by atoms with van der Waals surface area (Å²) in [5.74, 6) is 0.0517. The fourth-order valence-corrected chi connectivity index (χ4v) is 4.16. The Balaban J connectivity index is 1.42. The minimum Gasteiger partial charge on any atom is -0.358 e. The molecule has 3 rings (SSSR count). The minimum atomic E-state index is 0.0517. The Labute approximate surface area is 162 Å². The molecule has 1 aromatic rings. The Morgan fingerprint density at radius 3 is 2.52 bits per heavy atom. The number of likely N-dealkylation sites (N-methyl/N-ethyl adjacent to an activating group) is 1. The standard InChI is InChI=1S/C21H32N4O2/c1-22-20(26)16-24-14-11-18(12-15-24)23-21(27)25-13-5-8-19(25)10-9-17-6-3-2-4-7-17/h2-4,6-7,18-19H,5,8-16H2,1H3,(H,22,26)(H,23,27). The average molecular weight is 373 g/mol. The van der Waals surface area contributed by atoms with Crippen LogP contribution in [0, 0.1) is 0 Å². The van der Waals surface area contributed by atoms with Crippen molar-refractivity contribution in [1.82, 2.24) is 20.4 Å². The second-order valence-electron chi connectivity index (χ2n) is 7.69. The van der Waals surface area contributed by atoms with E-state index in [4.69, 9.17) is 0 Å². The molecule has 0 aromatic heterocycles. The maximum absolute atomic E-state index is 12.8. The predicted molar refractivity (Wildman–Crippen MR) is 107 cm³/mol. The molecule has 2 fully saturated rings. The van der Waals surface area contributed by atoms with Crippen LogP contribution in [-0.4, -0.2) is 67.0 Å². The van der Waals surface area contributed by atoms with Crippen molar-refractivity contribution in [1.29, 1.82) is 0 Å². The first-order chi connectivity index (χ1) is 13.2. The number of carbonyl (C=O) groups is 2. The van der Waals surface area contributed by atoms with Crippen LogP contribution in [0.25, 0.3) is 0 Å². The maximum Gasteiger partial charge on any atom is 0.317 e. The summed E-state index contributed by atoms with van der Waals surface area (Å²) in [7, 11) is 1.67. The molecule has 1 unspecified atom stereocenters. The molecule has 2 aliphatic rings. The number of piperidine rings is 1. The van der Waals surface area contributed by atoms with Gasteiger partial charge in [0, 0.05) is 38.8 Å². The number of benzene rings is 1. The van der Waals surface area contributed by atoms with Gasteiger partial charge in [0.2, 0.25) is 5.91 Å². The first-order valence-corrected chi connectivity index (χ1v) is 10.2. The van der Waals surface area contributed by atoms with Crippen molar-refractivity contribution >= 4 is 11.9 Å². The quantitative estimate of drug-likeness (QED) is 0.803. The molecule has 6 nitrogen and oxygen atoms in total. The largest absolute Gasteiger partial charge is 0.358 e. The molecule has 0 bridgehead atoms. The zero-order valence-corrected chi connectivity index (χ0v) is 16.3. The van der Waals surface area contributed by atoms with Gasteiger partial charge in [-0.1, -0.05) is 30.3 Å². The van der Waals surface area contributed by atoms with Crippen molar-refractivity contribution in [2.24, 2.45) is 0 Å². The average Bonchev–Trinajstić information content (AvgIpc) is 3.17. The zero-order chi connectivity index (χ0) is 19.1. The van der Waals surface area contributed by atoms with Gasteiger partial charge in [-0.05, 0) is 44.1 Å². The van der Waals surface area contributed by atoms with E-state index < -0.39 is 0 Å². The van der Waals surface area contributed by atoms with Crippen LogP contribution < -0.4 is 10.6 Å². The number of aryl methyl sites for hydroxylation is 1. The molecule has 0 saturated carbocycles. The van der Waals surface area contributed by atoms with Crippen LogP contribution in [0.2, 0.25) is 0 Å². The lowest BCUT2D eigenvalue weighted by Crippen LogP contribution is -2.51. The van der Waals surface area contributed by atoms with Crippen molar-refractivity contribution in [3.8, 4) is 0 Å². The van der Waals surface area contributed by atoms with Gasteiger partial charge in [0.15, 0.2) is 0 Å². The minimum absolute atomic E-state index is 0.0517. The molecule has 2 saturated heterocycles. The zero-order valence-electron chi connectivity index (χ0n) is 16.3. The summed E-state index contributed by atoms with van der Waals surface area (Å²) >= 11 is 0. The van der Waals surface area contributed by atoms with Crippen molar-refractivity contribution in [2.75, 3.05) is 33.2 Å². The Morgan fingerprint density at radius 1 is 1.07 bits per heavy atom. The summed E-state index contributed by atoms with van der Waals surface area (Å²) in [6.07, 6.45) is 6.06.